The molecule has 0 saturated carbocycles. The molecule has 0 spiro atoms. The molecule has 0 fully saturated rings. The van der Waals surface area contributed by atoms with Crippen LogP contribution in [0.25, 0.3) is 0 Å². The third-order valence-electron chi connectivity index (χ3n) is 0.861. The van der Waals surface area contributed by atoms with Crippen molar-refractivity contribution in [1.82, 2.24) is 0 Å². The van der Waals surface area contributed by atoms with E-state index in [1.165, 1.54) is 0 Å². The summed E-state index contributed by atoms with van der Waals surface area (Å²) in [5.74, 6) is 0. The topological polar surface area (TPSA) is 18.5 Å². The summed E-state index contributed by atoms with van der Waals surface area (Å²) in [5, 5.41) is 0. The van der Waals surface area contributed by atoms with Crippen molar-refractivity contribution in [2.45, 2.75) is 12.8 Å². The summed E-state index contributed by atoms with van der Waals surface area (Å²) in [6, 6.07) is 0. The summed E-state index contributed by atoms with van der Waals surface area (Å²) in [6.45, 7) is 6.23. The van der Waals surface area contributed by atoms with Gasteiger partial charge in [-0.25, -0.2) is 0 Å². The van der Waals surface area contributed by atoms with Gasteiger partial charge in [0.1, 0.15) is 6.79 Å². The number of allylic oxidation sites excluding steroid dienone is 1. The molecule has 0 radical (unpaired) electrons. The number of methoxy groups -OCH3 is 1. The zero-order chi connectivity index (χ0) is 6.95. The van der Waals surface area contributed by atoms with Crippen LogP contribution < -0.4 is 18.9 Å². The molecule has 10 heavy (non-hydrogen) atoms. The van der Waals surface area contributed by atoms with Crippen LogP contribution in [0.1, 0.15) is 12.8 Å². The van der Waals surface area contributed by atoms with Crippen molar-refractivity contribution in [3.05, 3.63) is 12.7 Å². The van der Waals surface area contributed by atoms with Gasteiger partial charge < -0.3 is 16.1 Å². The fraction of sp³-hybridized carbons (Fsp3) is 0.714. The summed E-state index contributed by atoms with van der Waals surface area (Å²) < 4.78 is 9.65. The molecule has 0 saturated heterocycles. The van der Waals surface area contributed by atoms with Crippen molar-refractivity contribution < 1.29 is 28.3 Å². The van der Waals surface area contributed by atoms with E-state index in [1.54, 1.807) is 13.2 Å². The van der Waals surface area contributed by atoms with E-state index in [2.05, 4.69) is 4.74 Å². The maximum absolute atomic E-state index is 5.13. The van der Waals surface area contributed by atoms with Gasteiger partial charge in [0.15, 0.2) is 0 Å². The van der Waals surface area contributed by atoms with E-state index in [0.717, 1.165) is 19.4 Å². The van der Waals surface area contributed by atoms with E-state index in [-0.39, 0.29) is 18.9 Å². The van der Waals surface area contributed by atoms with Crippen molar-refractivity contribution in [2.75, 3.05) is 20.5 Å². The molecule has 0 unspecified atom stereocenters. The van der Waals surface area contributed by atoms with Crippen molar-refractivity contribution in [2.24, 2.45) is 0 Å². The summed E-state index contributed by atoms with van der Waals surface area (Å²) in [5.41, 5.74) is 0. The van der Waals surface area contributed by atoms with Gasteiger partial charge in [-0.2, -0.15) is 0 Å². The average Bonchev–Trinajstić information content (AvgIpc) is 1.89. The Labute approximate surface area is 74.8 Å². The smallest absolute Gasteiger partial charge is 0.518 e. The van der Waals surface area contributed by atoms with E-state index in [9.17, 15) is 0 Å². The molecule has 0 N–H and O–H groups in total. The summed E-state index contributed by atoms with van der Waals surface area (Å²) in [7, 11) is 1.61. The van der Waals surface area contributed by atoms with E-state index in [1.807, 2.05) is 0 Å². The van der Waals surface area contributed by atoms with Crippen molar-refractivity contribution in [1.29, 1.82) is 0 Å². The van der Waals surface area contributed by atoms with Crippen LogP contribution in [0.2, 0.25) is 0 Å². The first-order valence-electron chi connectivity index (χ1n) is 3.02. The molecule has 0 aliphatic rings. The van der Waals surface area contributed by atoms with Gasteiger partial charge in [0, 0.05) is 13.7 Å². The van der Waals surface area contributed by atoms with Crippen LogP contribution in [-0.4, -0.2) is 20.5 Å². The number of unbranched alkanes of at least 4 members (excludes halogenated alkanes) is 1. The molecule has 3 heteroatoms. The minimum atomic E-state index is 0. The molecular formula is C7H13LiO2. The largest absolute Gasteiger partial charge is 1.00 e. The van der Waals surface area contributed by atoms with Gasteiger partial charge in [-0.05, 0) is 6.42 Å². The SMILES string of the molecule is [CH-]=CCCCOCOC.[Li+]. The van der Waals surface area contributed by atoms with Crippen LogP contribution >= 0.6 is 0 Å². The Kier molecular flexibility index (Phi) is 15.5. The minimum Gasteiger partial charge on any atom is -0.518 e. The predicted molar refractivity (Wildman–Crippen MR) is 35.9 cm³/mol. The number of rotatable bonds is 6. The Bertz CT molecular complexity index is 66.6. The fourth-order valence-corrected chi connectivity index (χ4v) is 0.446. The molecule has 0 aliphatic carbocycles. The predicted octanol–water partition coefficient (Wildman–Crippen LogP) is -1.62. The van der Waals surface area contributed by atoms with Gasteiger partial charge in [-0.3, -0.25) is 6.08 Å². The first-order valence-corrected chi connectivity index (χ1v) is 3.02. The molecule has 0 aliphatic heterocycles. The van der Waals surface area contributed by atoms with Gasteiger partial charge in [0.05, 0.1) is 0 Å². The fourth-order valence-electron chi connectivity index (χ4n) is 0.446. The Morgan fingerprint density at radius 1 is 1.50 bits per heavy atom. The van der Waals surface area contributed by atoms with Crippen LogP contribution in [0.3, 0.4) is 0 Å². The second-order valence-electron chi connectivity index (χ2n) is 1.69. The van der Waals surface area contributed by atoms with Crippen molar-refractivity contribution in [3.8, 4) is 0 Å². The van der Waals surface area contributed by atoms with Crippen LogP contribution in [-0.2, 0) is 9.47 Å². The third-order valence-corrected chi connectivity index (χ3v) is 0.861. The van der Waals surface area contributed by atoms with Crippen molar-refractivity contribution in [3.63, 3.8) is 0 Å². The van der Waals surface area contributed by atoms with Crippen LogP contribution in [0.5, 0.6) is 0 Å². The molecule has 0 bridgehead atoms. The Hall–Kier alpha value is 0.257. The first kappa shape index (κ1) is 12.9. The maximum atomic E-state index is 5.13. The Morgan fingerprint density at radius 3 is 2.70 bits per heavy atom. The maximum Gasteiger partial charge on any atom is 1.00 e. The van der Waals surface area contributed by atoms with E-state index >= 15 is 0 Å². The Morgan fingerprint density at radius 2 is 2.20 bits per heavy atom. The van der Waals surface area contributed by atoms with Gasteiger partial charge in [0.2, 0.25) is 0 Å². The van der Waals surface area contributed by atoms with Gasteiger partial charge >= 0.3 is 18.9 Å². The van der Waals surface area contributed by atoms with Crippen LogP contribution in [0.15, 0.2) is 6.08 Å². The molecule has 0 heterocycles. The summed E-state index contributed by atoms with van der Waals surface area (Å²) >= 11 is 0. The number of ether oxygens (including phenoxy) is 2. The molecule has 2 nitrogen and oxygen atoms in total. The second-order valence-corrected chi connectivity index (χ2v) is 1.69. The molecule has 54 valence electrons. The molecule has 0 rings (SSSR count). The first-order chi connectivity index (χ1) is 4.41. The monoisotopic (exact) mass is 136 g/mol. The zero-order valence-electron chi connectivity index (χ0n) is 6.80. The van der Waals surface area contributed by atoms with E-state index < -0.39 is 0 Å². The molecule has 0 aromatic rings. The van der Waals surface area contributed by atoms with Crippen molar-refractivity contribution >= 4 is 0 Å². The third kappa shape index (κ3) is 11.1. The van der Waals surface area contributed by atoms with Gasteiger partial charge in [-0.1, -0.05) is 6.42 Å². The standard InChI is InChI=1S/C7H13O2.Li/c1-3-4-5-6-9-7-8-2;/h1,3H,4-7H2,2H3;/q-1;+1. The summed E-state index contributed by atoms with van der Waals surface area (Å²) in [6.07, 6.45) is 3.51. The number of hydrogen-bond acceptors (Lipinski definition) is 2. The van der Waals surface area contributed by atoms with E-state index in [4.69, 9.17) is 11.3 Å². The van der Waals surface area contributed by atoms with Crippen LogP contribution in [0, 0.1) is 6.58 Å². The Balaban J connectivity index is 0. The normalized spacial score (nSPS) is 8.50. The average molecular weight is 136 g/mol. The van der Waals surface area contributed by atoms with E-state index in [0.29, 0.717) is 6.79 Å². The van der Waals surface area contributed by atoms with Gasteiger partial charge in [0.25, 0.3) is 0 Å². The molecule has 0 atom stereocenters. The van der Waals surface area contributed by atoms with Gasteiger partial charge in [-0.15, -0.1) is 0 Å². The number of hydrogen-bond donors (Lipinski definition) is 0. The zero-order valence-corrected chi connectivity index (χ0v) is 6.80. The summed E-state index contributed by atoms with van der Waals surface area (Å²) in [4.78, 5) is 0. The molecule has 0 aromatic heterocycles. The minimum absolute atomic E-state index is 0. The second kappa shape index (κ2) is 12.0. The van der Waals surface area contributed by atoms with Crippen LogP contribution in [0.4, 0.5) is 0 Å². The molecular weight excluding hydrogens is 123 g/mol. The quantitative estimate of drug-likeness (QED) is 0.189. The molecule has 0 aromatic carbocycles. The molecule has 0 amide bonds.